The molecule has 0 saturated carbocycles. The number of hydrogen-bond acceptors (Lipinski definition) is 2. The largest absolute Gasteiger partial charge is 0.394 e. The van der Waals surface area contributed by atoms with Crippen LogP contribution < -0.4 is 5.32 Å². The van der Waals surface area contributed by atoms with Crippen LogP contribution in [0.25, 0.3) is 0 Å². The van der Waals surface area contributed by atoms with Crippen molar-refractivity contribution in [1.29, 1.82) is 0 Å². The summed E-state index contributed by atoms with van der Waals surface area (Å²) in [5, 5.41) is 13.3. The van der Waals surface area contributed by atoms with Crippen LogP contribution in [0.3, 0.4) is 0 Å². The van der Waals surface area contributed by atoms with E-state index in [1.807, 2.05) is 18.2 Å². The van der Waals surface area contributed by atoms with Gasteiger partial charge in [-0.05, 0) is 36.0 Å². The van der Waals surface area contributed by atoms with E-state index in [1.165, 1.54) is 24.0 Å². The summed E-state index contributed by atoms with van der Waals surface area (Å²) >= 11 is 0. The highest BCUT2D eigenvalue weighted by Gasteiger charge is 2.22. The molecule has 3 rings (SSSR count). The Hall–Kier alpha value is -1.64. The van der Waals surface area contributed by atoms with E-state index in [-0.39, 0.29) is 12.6 Å². The van der Waals surface area contributed by atoms with E-state index < -0.39 is 0 Å². The molecular weight excluding hydrogens is 246 g/mol. The second-order valence-corrected chi connectivity index (χ2v) is 5.46. The van der Waals surface area contributed by atoms with Crippen molar-refractivity contribution < 1.29 is 5.11 Å². The average Bonchev–Trinajstić information content (AvgIpc) is 2.53. The predicted octanol–water partition coefficient (Wildman–Crippen LogP) is 3.39. The highest BCUT2D eigenvalue weighted by molar-refractivity contribution is 5.32. The summed E-state index contributed by atoms with van der Waals surface area (Å²) in [5.74, 6) is 0. The summed E-state index contributed by atoms with van der Waals surface area (Å²) < 4.78 is 0. The van der Waals surface area contributed by atoms with E-state index in [0.29, 0.717) is 6.04 Å². The fourth-order valence-corrected chi connectivity index (χ4v) is 3.11. The lowest BCUT2D eigenvalue weighted by molar-refractivity contribution is 0.228. The summed E-state index contributed by atoms with van der Waals surface area (Å²) in [6.45, 7) is 0.128. The monoisotopic (exact) mass is 267 g/mol. The Balaban J connectivity index is 1.81. The zero-order chi connectivity index (χ0) is 13.8. The quantitative estimate of drug-likeness (QED) is 0.890. The van der Waals surface area contributed by atoms with Gasteiger partial charge in [0.05, 0.1) is 12.6 Å². The maximum absolute atomic E-state index is 9.70. The van der Waals surface area contributed by atoms with Crippen molar-refractivity contribution in [1.82, 2.24) is 5.32 Å². The molecule has 2 nitrogen and oxygen atoms in total. The minimum Gasteiger partial charge on any atom is -0.394 e. The molecule has 2 aromatic rings. The molecule has 2 atom stereocenters. The minimum atomic E-state index is 0.00681. The lowest BCUT2D eigenvalue weighted by atomic mass is 9.87. The summed E-state index contributed by atoms with van der Waals surface area (Å²) in [5.41, 5.74) is 3.99. The van der Waals surface area contributed by atoms with Crippen molar-refractivity contribution in [3.05, 3.63) is 71.3 Å². The molecule has 0 heterocycles. The molecular formula is C18H21NO. The van der Waals surface area contributed by atoms with Crippen LogP contribution in [0.15, 0.2) is 54.6 Å². The molecule has 2 aromatic carbocycles. The molecule has 0 saturated heterocycles. The van der Waals surface area contributed by atoms with E-state index >= 15 is 0 Å². The highest BCUT2D eigenvalue weighted by Crippen LogP contribution is 2.31. The number of rotatable bonds is 4. The van der Waals surface area contributed by atoms with Crippen LogP contribution in [0, 0.1) is 0 Å². The van der Waals surface area contributed by atoms with Gasteiger partial charge >= 0.3 is 0 Å². The fraction of sp³-hybridized carbons (Fsp3) is 0.333. The first-order valence-corrected chi connectivity index (χ1v) is 7.38. The lowest BCUT2D eigenvalue weighted by Crippen LogP contribution is -2.31. The number of aliphatic hydroxyl groups is 1. The number of nitrogens with one attached hydrogen (secondary N) is 1. The third kappa shape index (κ3) is 2.77. The molecule has 2 unspecified atom stereocenters. The van der Waals surface area contributed by atoms with Crippen LogP contribution in [-0.4, -0.2) is 11.7 Å². The normalized spacial score (nSPS) is 19.4. The van der Waals surface area contributed by atoms with Crippen LogP contribution in [0.4, 0.5) is 0 Å². The van der Waals surface area contributed by atoms with Gasteiger partial charge in [-0.25, -0.2) is 0 Å². The lowest BCUT2D eigenvalue weighted by Gasteiger charge is -2.30. The average molecular weight is 267 g/mol. The molecule has 0 aromatic heterocycles. The molecule has 2 heteroatoms. The van der Waals surface area contributed by atoms with Crippen molar-refractivity contribution in [2.45, 2.75) is 31.3 Å². The Morgan fingerprint density at radius 2 is 1.80 bits per heavy atom. The first-order valence-electron chi connectivity index (χ1n) is 7.38. The van der Waals surface area contributed by atoms with E-state index in [9.17, 15) is 5.11 Å². The second-order valence-electron chi connectivity index (χ2n) is 5.46. The summed E-state index contributed by atoms with van der Waals surface area (Å²) in [6.07, 6.45) is 3.52. The van der Waals surface area contributed by atoms with Gasteiger partial charge in [0.15, 0.2) is 0 Å². The topological polar surface area (TPSA) is 32.3 Å². The number of benzene rings is 2. The van der Waals surface area contributed by atoms with Crippen molar-refractivity contribution in [3.8, 4) is 0 Å². The smallest absolute Gasteiger partial charge is 0.0626 e. The number of aryl methyl sites for hydroxylation is 1. The van der Waals surface area contributed by atoms with Crippen LogP contribution in [0.5, 0.6) is 0 Å². The Labute approximate surface area is 120 Å². The van der Waals surface area contributed by atoms with Gasteiger partial charge in [0.2, 0.25) is 0 Å². The van der Waals surface area contributed by atoms with E-state index in [2.05, 4.69) is 41.7 Å². The number of hydrogen-bond donors (Lipinski definition) is 2. The van der Waals surface area contributed by atoms with Crippen LogP contribution in [-0.2, 0) is 6.42 Å². The number of fused-ring (bicyclic) bond motifs is 1. The molecule has 20 heavy (non-hydrogen) atoms. The molecule has 0 amide bonds. The molecule has 0 radical (unpaired) electrons. The van der Waals surface area contributed by atoms with E-state index in [4.69, 9.17) is 0 Å². The predicted molar refractivity (Wildman–Crippen MR) is 81.5 cm³/mol. The van der Waals surface area contributed by atoms with Gasteiger partial charge in [-0.1, -0.05) is 54.6 Å². The fourth-order valence-electron chi connectivity index (χ4n) is 3.11. The Kier molecular flexibility index (Phi) is 4.14. The molecule has 2 N–H and O–H groups in total. The zero-order valence-electron chi connectivity index (χ0n) is 11.6. The van der Waals surface area contributed by atoms with E-state index in [1.54, 1.807) is 0 Å². The van der Waals surface area contributed by atoms with E-state index in [0.717, 1.165) is 12.0 Å². The van der Waals surface area contributed by atoms with Crippen molar-refractivity contribution in [2.24, 2.45) is 0 Å². The van der Waals surface area contributed by atoms with Gasteiger partial charge in [0, 0.05) is 6.04 Å². The first kappa shape index (κ1) is 13.3. The molecule has 0 fully saturated rings. The van der Waals surface area contributed by atoms with Crippen molar-refractivity contribution >= 4 is 0 Å². The highest BCUT2D eigenvalue weighted by atomic mass is 16.3. The van der Waals surface area contributed by atoms with Crippen molar-refractivity contribution in [2.75, 3.05) is 6.61 Å². The van der Waals surface area contributed by atoms with Gasteiger partial charge in [0.25, 0.3) is 0 Å². The van der Waals surface area contributed by atoms with Crippen LogP contribution in [0.1, 0.15) is 41.6 Å². The minimum absolute atomic E-state index is 0.00681. The SMILES string of the molecule is OCC(NC1CCCc2ccccc21)c1ccccc1. The first-order chi connectivity index (χ1) is 9.88. The van der Waals surface area contributed by atoms with Gasteiger partial charge in [0.1, 0.15) is 0 Å². The Morgan fingerprint density at radius 1 is 1.05 bits per heavy atom. The van der Waals surface area contributed by atoms with Gasteiger partial charge < -0.3 is 10.4 Å². The van der Waals surface area contributed by atoms with Crippen molar-refractivity contribution in [3.63, 3.8) is 0 Å². The summed E-state index contributed by atoms with van der Waals surface area (Å²) in [7, 11) is 0. The summed E-state index contributed by atoms with van der Waals surface area (Å²) in [4.78, 5) is 0. The molecule has 0 bridgehead atoms. The number of aliphatic hydroxyl groups excluding tert-OH is 1. The molecule has 1 aliphatic carbocycles. The van der Waals surface area contributed by atoms with Gasteiger partial charge in [-0.3, -0.25) is 0 Å². The summed E-state index contributed by atoms with van der Waals surface area (Å²) in [6, 6.07) is 19.2. The third-order valence-electron chi connectivity index (χ3n) is 4.16. The zero-order valence-corrected chi connectivity index (χ0v) is 11.6. The standard InChI is InChI=1S/C18H21NO/c20-13-18(15-8-2-1-3-9-15)19-17-12-6-10-14-7-4-5-11-16(14)17/h1-5,7-9,11,17-20H,6,10,12-13H2. The molecule has 104 valence electrons. The Morgan fingerprint density at radius 3 is 2.60 bits per heavy atom. The molecule has 1 aliphatic rings. The second kappa shape index (κ2) is 6.21. The van der Waals surface area contributed by atoms with Gasteiger partial charge in [-0.2, -0.15) is 0 Å². The maximum atomic E-state index is 9.70. The molecule has 0 aliphatic heterocycles. The third-order valence-corrected chi connectivity index (χ3v) is 4.16. The maximum Gasteiger partial charge on any atom is 0.0626 e. The van der Waals surface area contributed by atoms with Crippen LogP contribution in [0.2, 0.25) is 0 Å². The Bertz CT molecular complexity index is 552. The van der Waals surface area contributed by atoms with Gasteiger partial charge in [-0.15, -0.1) is 0 Å². The molecule has 0 spiro atoms. The van der Waals surface area contributed by atoms with Crippen LogP contribution >= 0.6 is 0 Å².